The topological polar surface area (TPSA) is 35.6 Å². The molecule has 1 aliphatic heterocycles. The van der Waals surface area contributed by atoms with E-state index in [9.17, 15) is 4.79 Å². The zero-order chi connectivity index (χ0) is 12.3. The number of nitrogens with zero attached hydrogens (tertiary/aromatic N) is 2. The summed E-state index contributed by atoms with van der Waals surface area (Å²) in [5, 5.41) is 1.98. The van der Waals surface area contributed by atoms with Gasteiger partial charge in [0, 0.05) is 37.6 Å². The predicted octanol–water partition coefficient (Wildman–Crippen LogP) is 2.21. The molecule has 4 nitrogen and oxygen atoms in total. The first-order chi connectivity index (χ1) is 8.15. The fourth-order valence-electron chi connectivity index (χ4n) is 1.93. The first kappa shape index (κ1) is 12.2. The van der Waals surface area contributed by atoms with Crippen LogP contribution in [0.15, 0.2) is 24.3 Å². The molecule has 0 bridgehead atoms. The fourth-order valence-corrected chi connectivity index (χ4v) is 2.04. The summed E-state index contributed by atoms with van der Waals surface area (Å²) in [5.41, 5.74) is 1.91. The molecule has 0 spiro atoms. The summed E-state index contributed by atoms with van der Waals surface area (Å²) in [6.45, 7) is 4.25. The van der Waals surface area contributed by atoms with Crippen molar-refractivity contribution >= 4 is 28.3 Å². The van der Waals surface area contributed by atoms with E-state index >= 15 is 0 Å². The SMILES string of the molecule is CN1CCN(c2ccc(NC(=O)Cl)cc2)CC1. The second-order valence-electron chi connectivity index (χ2n) is 4.24. The van der Waals surface area contributed by atoms with Crippen molar-refractivity contribution < 1.29 is 4.79 Å². The van der Waals surface area contributed by atoms with Crippen molar-refractivity contribution in [2.45, 2.75) is 0 Å². The molecule has 1 fully saturated rings. The molecular formula is C12H16ClN3O. The number of benzene rings is 1. The third-order valence-corrected chi connectivity index (χ3v) is 3.07. The number of hydrogen-bond donors (Lipinski definition) is 1. The predicted molar refractivity (Wildman–Crippen MR) is 71.0 cm³/mol. The molecule has 0 radical (unpaired) electrons. The van der Waals surface area contributed by atoms with Crippen LogP contribution in [0.4, 0.5) is 16.2 Å². The standard InChI is InChI=1S/C12H16ClN3O/c1-15-6-8-16(9-7-15)11-4-2-10(3-5-11)14-12(13)17/h2-5H,6-9H2,1H3,(H,14,17). The largest absolute Gasteiger partial charge is 0.369 e. The maximum absolute atomic E-state index is 10.7. The van der Waals surface area contributed by atoms with E-state index < -0.39 is 5.37 Å². The van der Waals surface area contributed by atoms with Crippen LogP contribution in [0.3, 0.4) is 0 Å². The third-order valence-electron chi connectivity index (χ3n) is 2.98. The molecule has 1 saturated heterocycles. The Labute approximate surface area is 106 Å². The van der Waals surface area contributed by atoms with E-state index in [1.807, 2.05) is 24.3 Å². The second kappa shape index (κ2) is 5.38. The first-order valence-corrected chi connectivity index (χ1v) is 6.03. The van der Waals surface area contributed by atoms with Gasteiger partial charge < -0.3 is 15.1 Å². The summed E-state index contributed by atoms with van der Waals surface area (Å²) >= 11 is 5.25. The van der Waals surface area contributed by atoms with Gasteiger partial charge in [-0.3, -0.25) is 4.79 Å². The Balaban J connectivity index is 2.00. The van der Waals surface area contributed by atoms with Crippen LogP contribution in [-0.2, 0) is 0 Å². The van der Waals surface area contributed by atoms with E-state index in [2.05, 4.69) is 22.2 Å². The van der Waals surface area contributed by atoms with Crippen molar-refractivity contribution in [3.8, 4) is 0 Å². The average molecular weight is 254 g/mol. The molecule has 1 aromatic carbocycles. The van der Waals surface area contributed by atoms with Crippen LogP contribution in [-0.4, -0.2) is 43.5 Å². The van der Waals surface area contributed by atoms with Gasteiger partial charge in [0.05, 0.1) is 0 Å². The molecule has 0 aromatic heterocycles. The van der Waals surface area contributed by atoms with E-state index in [1.54, 1.807) is 0 Å². The molecule has 0 saturated carbocycles. The second-order valence-corrected chi connectivity index (χ2v) is 4.58. The Hall–Kier alpha value is -1.26. The molecule has 0 aliphatic carbocycles. The van der Waals surface area contributed by atoms with Crippen molar-refractivity contribution in [1.82, 2.24) is 4.90 Å². The minimum atomic E-state index is -0.558. The van der Waals surface area contributed by atoms with Crippen molar-refractivity contribution in [2.24, 2.45) is 0 Å². The van der Waals surface area contributed by atoms with Crippen LogP contribution in [0, 0.1) is 0 Å². The molecule has 2 rings (SSSR count). The number of likely N-dealkylation sites (N-methyl/N-ethyl adjacent to an activating group) is 1. The molecule has 5 heteroatoms. The summed E-state index contributed by atoms with van der Waals surface area (Å²) in [5.74, 6) is 0. The maximum Gasteiger partial charge on any atom is 0.318 e. The normalized spacial score (nSPS) is 16.9. The van der Waals surface area contributed by atoms with Gasteiger partial charge in [-0.1, -0.05) is 0 Å². The number of carbonyl (C=O) groups is 1. The molecule has 17 heavy (non-hydrogen) atoms. The van der Waals surface area contributed by atoms with Gasteiger partial charge in [-0.25, -0.2) is 0 Å². The number of amides is 1. The van der Waals surface area contributed by atoms with Crippen LogP contribution >= 0.6 is 11.6 Å². The highest BCUT2D eigenvalue weighted by Crippen LogP contribution is 2.19. The molecule has 1 aromatic rings. The molecule has 0 atom stereocenters. The Morgan fingerprint density at radius 3 is 2.29 bits per heavy atom. The number of piperazine rings is 1. The van der Waals surface area contributed by atoms with E-state index in [-0.39, 0.29) is 0 Å². The molecule has 1 amide bonds. The Bertz CT molecular complexity index is 385. The van der Waals surface area contributed by atoms with E-state index in [4.69, 9.17) is 11.6 Å². The summed E-state index contributed by atoms with van der Waals surface area (Å²) in [6.07, 6.45) is 0. The average Bonchev–Trinajstić information content (AvgIpc) is 2.30. The van der Waals surface area contributed by atoms with Gasteiger partial charge in [0.1, 0.15) is 0 Å². The number of anilines is 2. The fraction of sp³-hybridized carbons (Fsp3) is 0.417. The Morgan fingerprint density at radius 1 is 1.18 bits per heavy atom. The number of carbonyl (C=O) groups excluding carboxylic acids is 1. The summed E-state index contributed by atoms with van der Waals surface area (Å²) < 4.78 is 0. The highest BCUT2D eigenvalue weighted by molar-refractivity contribution is 6.65. The summed E-state index contributed by atoms with van der Waals surface area (Å²) in [7, 11) is 2.14. The summed E-state index contributed by atoms with van der Waals surface area (Å²) in [4.78, 5) is 15.3. The van der Waals surface area contributed by atoms with Gasteiger partial charge in [0.2, 0.25) is 0 Å². The third kappa shape index (κ3) is 3.35. The molecule has 1 aliphatic rings. The minimum Gasteiger partial charge on any atom is -0.369 e. The van der Waals surface area contributed by atoms with Crippen molar-refractivity contribution in [1.29, 1.82) is 0 Å². The molecule has 1 N–H and O–H groups in total. The lowest BCUT2D eigenvalue weighted by molar-refractivity contribution is 0.269. The lowest BCUT2D eigenvalue weighted by atomic mass is 10.2. The number of rotatable bonds is 2. The first-order valence-electron chi connectivity index (χ1n) is 5.65. The lowest BCUT2D eigenvalue weighted by Crippen LogP contribution is -2.44. The Morgan fingerprint density at radius 2 is 1.76 bits per heavy atom. The zero-order valence-corrected chi connectivity index (χ0v) is 10.6. The van der Waals surface area contributed by atoms with Crippen molar-refractivity contribution in [3.05, 3.63) is 24.3 Å². The molecule has 1 heterocycles. The van der Waals surface area contributed by atoms with E-state index in [0.717, 1.165) is 31.9 Å². The van der Waals surface area contributed by atoms with E-state index in [0.29, 0.717) is 0 Å². The number of nitrogens with one attached hydrogen (secondary N) is 1. The van der Waals surface area contributed by atoms with Gasteiger partial charge in [0.25, 0.3) is 0 Å². The van der Waals surface area contributed by atoms with Crippen LogP contribution in [0.1, 0.15) is 0 Å². The zero-order valence-electron chi connectivity index (χ0n) is 9.82. The smallest absolute Gasteiger partial charge is 0.318 e. The highest BCUT2D eigenvalue weighted by Gasteiger charge is 2.13. The van der Waals surface area contributed by atoms with Crippen molar-refractivity contribution in [3.63, 3.8) is 0 Å². The lowest BCUT2D eigenvalue weighted by Gasteiger charge is -2.34. The van der Waals surface area contributed by atoms with Crippen molar-refractivity contribution in [2.75, 3.05) is 43.4 Å². The van der Waals surface area contributed by atoms with Crippen LogP contribution in [0.5, 0.6) is 0 Å². The van der Waals surface area contributed by atoms with Crippen LogP contribution in [0.25, 0.3) is 0 Å². The van der Waals surface area contributed by atoms with Gasteiger partial charge in [-0.15, -0.1) is 0 Å². The Kier molecular flexibility index (Phi) is 3.86. The summed E-state index contributed by atoms with van der Waals surface area (Å²) in [6, 6.07) is 7.75. The van der Waals surface area contributed by atoms with E-state index in [1.165, 1.54) is 5.69 Å². The highest BCUT2D eigenvalue weighted by atomic mass is 35.5. The van der Waals surface area contributed by atoms with Gasteiger partial charge >= 0.3 is 5.37 Å². The molecule has 92 valence electrons. The van der Waals surface area contributed by atoms with Gasteiger partial charge in [-0.2, -0.15) is 0 Å². The molecule has 0 unspecified atom stereocenters. The monoisotopic (exact) mass is 253 g/mol. The maximum atomic E-state index is 10.7. The minimum absolute atomic E-state index is 0.558. The van der Waals surface area contributed by atoms with Gasteiger partial charge in [0.15, 0.2) is 0 Å². The number of halogens is 1. The molecular weight excluding hydrogens is 238 g/mol. The quantitative estimate of drug-likeness (QED) is 0.648. The van der Waals surface area contributed by atoms with Gasteiger partial charge in [-0.05, 0) is 42.9 Å². The van der Waals surface area contributed by atoms with Crippen LogP contribution < -0.4 is 10.2 Å². The number of hydrogen-bond acceptors (Lipinski definition) is 3. The van der Waals surface area contributed by atoms with Crippen LogP contribution in [0.2, 0.25) is 0 Å².